The molecule has 1 aromatic rings. The molecule has 5 nitrogen and oxygen atoms in total. The summed E-state index contributed by atoms with van der Waals surface area (Å²) in [5.74, 6) is -5.59. The van der Waals surface area contributed by atoms with Gasteiger partial charge in [0.15, 0.2) is 0 Å². The van der Waals surface area contributed by atoms with Crippen LogP contribution in [0, 0.1) is 17.6 Å². The molecule has 10 heteroatoms. The van der Waals surface area contributed by atoms with Crippen molar-refractivity contribution in [3.8, 4) is 0 Å². The van der Waals surface area contributed by atoms with Crippen LogP contribution in [0.2, 0.25) is 5.02 Å². The van der Waals surface area contributed by atoms with Crippen LogP contribution in [0.25, 0.3) is 0 Å². The molecular weight excluding hydrogens is 414 g/mol. The third-order valence-electron chi connectivity index (χ3n) is 5.67. The zero-order valence-corrected chi connectivity index (χ0v) is 16.5. The van der Waals surface area contributed by atoms with Crippen LogP contribution in [-0.4, -0.2) is 41.9 Å². The van der Waals surface area contributed by atoms with Gasteiger partial charge in [0.2, 0.25) is 11.8 Å². The highest BCUT2D eigenvalue weighted by Crippen LogP contribution is 2.42. The fraction of sp³-hybridized carbons (Fsp3) is 0.579. The van der Waals surface area contributed by atoms with Gasteiger partial charge in [0.05, 0.1) is 6.04 Å². The van der Waals surface area contributed by atoms with Crippen LogP contribution in [0.15, 0.2) is 12.1 Å². The van der Waals surface area contributed by atoms with Crippen molar-refractivity contribution in [3.63, 3.8) is 0 Å². The molecule has 1 aliphatic carbocycles. The van der Waals surface area contributed by atoms with Gasteiger partial charge in [-0.15, -0.1) is 0 Å². The number of halogens is 5. The molecule has 2 atom stereocenters. The van der Waals surface area contributed by atoms with Crippen LogP contribution in [0.5, 0.6) is 0 Å². The van der Waals surface area contributed by atoms with E-state index >= 15 is 0 Å². The van der Waals surface area contributed by atoms with Crippen molar-refractivity contribution in [2.24, 2.45) is 5.92 Å². The van der Waals surface area contributed by atoms with Crippen LogP contribution >= 0.6 is 11.6 Å². The molecule has 2 fully saturated rings. The van der Waals surface area contributed by atoms with Crippen molar-refractivity contribution < 1.29 is 27.2 Å². The Morgan fingerprint density at radius 3 is 2.62 bits per heavy atom. The first-order valence-electron chi connectivity index (χ1n) is 9.47. The molecule has 1 saturated heterocycles. The van der Waals surface area contributed by atoms with Crippen molar-refractivity contribution in [1.29, 1.82) is 0 Å². The van der Waals surface area contributed by atoms with E-state index in [1.54, 1.807) is 6.92 Å². The largest absolute Gasteiger partial charge is 0.353 e. The quantitative estimate of drug-likeness (QED) is 0.556. The molecule has 1 aromatic carbocycles. The Bertz CT molecular complexity index is 798. The van der Waals surface area contributed by atoms with Crippen molar-refractivity contribution in [3.05, 3.63) is 34.4 Å². The lowest BCUT2D eigenvalue weighted by Crippen LogP contribution is -2.58. The molecule has 0 bridgehead atoms. The Morgan fingerprint density at radius 1 is 1.31 bits per heavy atom. The van der Waals surface area contributed by atoms with Gasteiger partial charge >= 0.3 is 6.03 Å². The van der Waals surface area contributed by atoms with E-state index in [0.29, 0.717) is 0 Å². The molecule has 3 rings (SSSR count). The zero-order valence-electron chi connectivity index (χ0n) is 15.8. The first kappa shape index (κ1) is 21.7. The summed E-state index contributed by atoms with van der Waals surface area (Å²) >= 11 is 5.69. The van der Waals surface area contributed by atoms with Gasteiger partial charge in [0.1, 0.15) is 22.7 Å². The predicted molar refractivity (Wildman–Crippen MR) is 98.7 cm³/mol. The molecule has 29 heavy (non-hydrogen) atoms. The molecule has 1 aliphatic heterocycles. The minimum atomic E-state index is -2.80. The summed E-state index contributed by atoms with van der Waals surface area (Å²) in [6.45, 7) is 2.08. The van der Waals surface area contributed by atoms with Crippen LogP contribution in [-0.2, 0) is 4.79 Å². The minimum absolute atomic E-state index is 0.0580. The van der Waals surface area contributed by atoms with E-state index in [1.165, 1.54) is 11.0 Å². The number of hydrogen-bond acceptors (Lipinski definition) is 2. The van der Waals surface area contributed by atoms with Gasteiger partial charge < -0.3 is 15.5 Å². The minimum Gasteiger partial charge on any atom is -0.353 e. The fourth-order valence-electron chi connectivity index (χ4n) is 3.90. The standard InChI is InChI=1S/C19H22ClF4N3O2/c1-10-17(28)25-8-9-27(10)18(29)26-16(11-4-6-19(23,24)7-5-11)12-2-3-13(21)14(20)15(12)22/h2-3,10-11,16H,4-9H2,1H3,(H,25,28)(H,26,29)/t10-,16-/m1/s1. The Hall–Kier alpha value is -2.03. The van der Waals surface area contributed by atoms with E-state index in [2.05, 4.69) is 10.6 Å². The molecule has 2 aliphatic rings. The maximum absolute atomic E-state index is 14.7. The number of urea groups is 1. The van der Waals surface area contributed by atoms with Gasteiger partial charge in [0, 0.05) is 31.5 Å². The summed E-state index contributed by atoms with van der Waals surface area (Å²) < 4.78 is 55.5. The molecule has 0 unspecified atom stereocenters. The number of alkyl halides is 2. The number of nitrogens with zero attached hydrogens (tertiary/aromatic N) is 1. The lowest BCUT2D eigenvalue weighted by atomic mass is 9.79. The molecule has 1 saturated carbocycles. The third kappa shape index (κ3) is 4.60. The summed E-state index contributed by atoms with van der Waals surface area (Å²) in [6, 6.07) is -0.181. The summed E-state index contributed by atoms with van der Waals surface area (Å²) in [4.78, 5) is 26.0. The summed E-state index contributed by atoms with van der Waals surface area (Å²) in [5, 5.41) is 4.60. The van der Waals surface area contributed by atoms with E-state index in [1.807, 2.05) is 0 Å². The Morgan fingerprint density at radius 2 is 1.97 bits per heavy atom. The number of carbonyl (C=O) groups excluding carboxylic acids is 2. The summed E-state index contributed by atoms with van der Waals surface area (Å²) in [7, 11) is 0. The number of amides is 3. The number of carbonyl (C=O) groups is 2. The first-order chi connectivity index (χ1) is 13.6. The number of piperazine rings is 1. The molecule has 3 amide bonds. The normalized spacial score (nSPS) is 23.4. The second-order valence-corrected chi connectivity index (χ2v) is 7.92. The van der Waals surface area contributed by atoms with Crippen LogP contribution in [0.4, 0.5) is 22.4 Å². The van der Waals surface area contributed by atoms with Gasteiger partial charge in [-0.2, -0.15) is 0 Å². The Balaban J connectivity index is 1.88. The topological polar surface area (TPSA) is 61.4 Å². The van der Waals surface area contributed by atoms with Gasteiger partial charge in [-0.05, 0) is 31.7 Å². The first-order valence-corrected chi connectivity index (χ1v) is 9.84. The predicted octanol–water partition coefficient (Wildman–Crippen LogP) is 4.01. The Kier molecular flexibility index (Phi) is 6.26. The number of benzene rings is 1. The zero-order chi connectivity index (χ0) is 21.3. The van der Waals surface area contributed by atoms with Gasteiger partial charge in [-0.1, -0.05) is 17.7 Å². The number of rotatable bonds is 3. The smallest absolute Gasteiger partial charge is 0.318 e. The van der Waals surface area contributed by atoms with Crippen molar-refractivity contribution in [2.75, 3.05) is 13.1 Å². The van der Waals surface area contributed by atoms with Gasteiger partial charge in [-0.25, -0.2) is 22.4 Å². The van der Waals surface area contributed by atoms with Gasteiger partial charge in [0.25, 0.3) is 0 Å². The van der Waals surface area contributed by atoms with Crippen LogP contribution in [0.1, 0.15) is 44.2 Å². The lowest BCUT2D eigenvalue weighted by molar-refractivity contribution is -0.127. The Labute approximate surface area is 170 Å². The van der Waals surface area contributed by atoms with Crippen LogP contribution in [0.3, 0.4) is 0 Å². The molecule has 1 heterocycles. The maximum atomic E-state index is 14.7. The summed E-state index contributed by atoms with van der Waals surface area (Å²) in [5.41, 5.74) is -0.0610. The average molecular weight is 436 g/mol. The second kappa shape index (κ2) is 8.38. The molecule has 0 aromatic heterocycles. The highest BCUT2D eigenvalue weighted by molar-refractivity contribution is 6.31. The average Bonchev–Trinajstić information content (AvgIpc) is 2.67. The molecule has 160 valence electrons. The van der Waals surface area contributed by atoms with Crippen molar-refractivity contribution >= 4 is 23.5 Å². The molecule has 0 spiro atoms. The SMILES string of the molecule is C[C@@H]1C(=O)NCCN1C(=O)N[C@@H](c1ccc(F)c(Cl)c1F)C1CCC(F)(F)CC1. The lowest BCUT2D eigenvalue weighted by Gasteiger charge is -2.38. The van der Waals surface area contributed by atoms with Gasteiger partial charge in [-0.3, -0.25) is 4.79 Å². The number of hydrogen-bond donors (Lipinski definition) is 2. The number of nitrogens with one attached hydrogen (secondary N) is 2. The molecule has 2 N–H and O–H groups in total. The van der Waals surface area contributed by atoms with E-state index in [-0.39, 0.29) is 50.2 Å². The monoisotopic (exact) mass is 435 g/mol. The van der Waals surface area contributed by atoms with E-state index in [4.69, 9.17) is 11.6 Å². The maximum Gasteiger partial charge on any atom is 0.318 e. The highest BCUT2D eigenvalue weighted by Gasteiger charge is 2.40. The highest BCUT2D eigenvalue weighted by atomic mass is 35.5. The fourth-order valence-corrected chi connectivity index (χ4v) is 4.07. The van der Waals surface area contributed by atoms with E-state index in [0.717, 1.165) is 6.07 Å². The molecular formula is C19H22ClF4N3O2. The van der Waals surface area contributed by atoms with E-state index < -0.39 is 46.6 Å². The van der Waals surface area contributed by atoms with Crippen molar-refractivity contribution in [2.45, 2.75) is 50.6 Å². The van der Waals surface area contributed by atoms with Crippen LogP contribution < -0.4 is 10.6 Å². The summed E-state index contributed by atoms with van der Waals surface area (Å²) in [6.07, 6.45) is -0.656. The molecule has 0 radical (unpaired) electrons. The second-order valence-electron chi connectivity index (χ2n) is 7.55. The van der Waals surface area contributed by atoms with E-state index in [9.17, 15) is 27.2 Å². The van der Waals surface area contributed by atoms with Crippen molar-refractivity contribution in [1.82, 2.24) is 15.5 Å². The third-order valence-corrected chi connectivity index (χ3v) is 6.02.